The average molecular weight is 350 g/mol. The molecule has 0 aromatic rings. The maximum absolute atomic E-state index is 12.9. The molecule has 1 fully saturated rings. The van der Waals surface area contributed by atoms with Crippen molar-refractivity contribution in [2.45, 2.75) is 63.8 Å². The number of carbonyl (C=O) groups excluding carboxylic acids is 1. The number of ketones is 1. The van der Waals surface area contributed by atoms with Gasteiger partial charge in [-0.2, -0.15) is 0 Å². The van der Waals surface area contributed by atoms with Gasteiger partial charge in [0.15, 0.2) is 11.4 Å². The fraction of sp³-hybridized carbons (Fsp3) is 0.579. The summed E-state index contributed by atoms with van der Waals surface area (Å²) < 4.78 is 5.50. The predicted octanol–water partition coefficient (Wildman–Crippen LogP) is 1.91. The van der Waals surface area contributed by atoms with E-state index in [1.54, 1.807) is 6.08 Å². The van der Waals surface area contributed by atoms with E-state index in [0.29, 0.717) is 0 Å². The number of aliphatic carboxylic acids is 1. The monoisotopic (exact) mass is 350 g/mol. The second kappa shape index (κ2) is 8.08. The van der Waals surface area contributed by atoms with Crippen molar-refractivity contribution in [2.24, 2.45) is 0 Å². The summed E-state index contributed by atoms with van der Waals surface area (Å²) in [6.45, 7) is 3.14. The molecule has 138 valence electrons. The third-order valence-electron chi connectivity index (χ3n) is 4.84. The molecule has 1 saturated heterocycles. The smallest absolute Gasteiger partial charge is 0.330 e. The van der Waals surface area contributed by atoms with Crippen molar-refractivity contribution in [3.8, 4) is 0 Å². The van der Waals surface area contributed by atoms with Crippen LogP contribution in [0.25, 0.3) is 0 Å². The summed E-state index contributed by atoms with van der Waals surface area (Å²) in [6.07, 6.45) is 7.31. The van der Waals surface area contributed by atoms with E-state index in [1.807, 2.05) is 6.08 Å². The lowest BCUT2D eigenvalue weighted by Crippen LogP contribution is -2.40. The molecule has 25 heavy (non-hydrogen) atoms. The Labute approximate surface area is 147 Å². The number of allylic oxidation sites excluding steroid dienone is 2. The first kappa shape index (κ1) is 19.6. The minimum atomic E-state index is -1.21. The van der Waals surface area contributed by atoms with Crippen LogP contribution in [-0.4, -0.2) is 51.5 Å². The number of ether oxygens (including phenoxy) is 1. The van der Waals surface area contributed by atoms with Gasteiger partial charge in [0.1, 0.15) is 12.2 Å². The van der Waals surface area contributed by atoms with E-state index < -0.39 is 30.4 Å². The largest absolute Gasteiger partial charge is 0.478 e. The highest BCUT2D eigenvalue weighted by Gasteiger charge is 2.67. The van der Waals surface area contributed by atoms with Gasteiger partial charge in [0.25, 0.3) is 0 Å². The molecule has 2 aliphatic rings. The van der Waals surface area contributed by atoms with Crippen molar-refractivity contribution in [1.82, 2.24) is 0 Å². The Kier molecular flexibility index (Phi) is 6.32. The minimum absolute atomic E-state index is 0.0948. The van der Waals surface area contributed by atoms with Gasteiger partial charge in [-0.05, 0) is 25.3 Å². The van der Waals surface area contributed by atoms with Gasteiger partial charge in [-0.1, -0.05) is 38.0 Å². The maximum atomic E-state index is 12.9. The van der Waals surface area contributed by atoms with E-state index in [-0.39, 0.29) is 28.9 Å². The summed E-state index contributed by atoms with van der Waals surface area (Å²) in [6, 6.07) is 0. The summed E-state index contributed by atoms with van der Waals surface area (Å²) in [5, 5.41) is 28.9. The lowest BCUT2D eigenvalue weighted by atomic mass is 9.79. The predicted molar refractivity (Wildman–Crippen MR) is 92.0 cm³/mol. The molecule has 0 radical (unpaired) electrons. The number of hydrogen-bond acceptors (Lipinski definition) is 5. The van der Waals surface area contributed by atoms with Crippen LogP contribution in [0.1, 0.15) is 46.0 Å². The van der Waals surface area contributed by atoms with Crippen LogP contribution in [0, 0.1) is 0 Å². The zero-order valence-electron chi connectivity index (χ0n) is 14.7. The summed E-state index contributed by atoms with van der Waals surface area (Å²) in [7, 11) is 0. The molecule has 6 nitrogen and oxygen atoms in total. The zero-order valence-corrected chi connectivity index (χ0v) is 14.7. The van der Waals surface area contributed by atoms with Crippen LogP contribution in [0.3, 0.4) is 0 Å². The number of carbonyl (C=O) groups is 2. The van der Waals surface area contributed by atoms with Gasteiger partial charge in [-0.3, -0.25) is 4.79 Å². The Balaban J connectivity index is 2.21. The van der Waals surface area contributed by atoms with E-state index in [0.717, 1.165) is 25.7 Å². The third-order valence-corrected chi connectivity index (χ3v) is 4.84. The van der Waals surface area contributed by atoms with Crippen LogP contribution in [0.2, 0.25) is 0 Å². The van der Waals surface area contributed by atoms with Crippen LogP contribution in [0.4, 0.5) is 0 Å². The molecular weight excluding hydrogens is 324 g/mol. The Morgan fingerprint density at radius 2 is 2.08 bits per heavy atom. The molecule has 6 heteroatoms. The Hall–Kier alpha value is -1.76. The third kappa shape index (κ3) is 3.92. The van der Waals surface area contributed by atoms with Crippen molar-refractivity contribution in [3.63, 3.8) is 0 Å². The number of aliphatic hydroxyl groups is 2. The number of carboxylic acid groups (broad SMARTS) is 1. The molecule has 0 amide bonds. The fourth-order valence-corrected chi connectivity index (χ4v) is 3.13. The van der Waals surface area contributed by atoms with Crippen molar-refractivity contribution in [3.05, 3.63) is 34.9 Å². The molecule has 0 bridgehead atoms. The topological polar surface area (TPSA) is 107 Å². The van der Waals surface area contributed by atoms with Gasteiger partial charge in [0.05, 0.1) is 6.61 Å². The highest BCUT2D eigenvalue weighted by molar-refractivity contribution is 6.08. The first-order valence-corrected chi connectivity index (χ1v) is 8.70. The quantitative estimate of drug-likeness (QED) is 0.333. The van der Waals surface area contributed by atoms with Crippen molar-refractivity contribution in [2.75, 3.05) is 6.61 Å². The van der Waals surface area contributed by atoms with Crippen LogP contribution in [0.15, 0.2) is 34.9 Å². The lowest BCUT2D eigenvalue weighted by molar-refractivity contribution is -0.132. The second-order valence-corrected chi connectivity index (χ2v) is 6.59. The minimum Gasteiger partial charge on any atom is -0.478 e. The molecule has 0 spiro atoms. The summed E-state index contributed by atoms with van der Waals surface area (Å²) in [5.74, 6) is -1.35. The highest BCUT2D eigenvalue weighted by Crippen LogP contribution is 2.50. The molecule has 3 atom stereocenters. The Bertz CT molecular complexity index is 630. The molecule has 0 unspecified atom stereocenters. The van der Waals surface area contributed by atoms with E-state index in [1.165, 1.54) is 13.0 Å². The van der Waals surface area contributed by atoms with Gasteiger partial charge in [0, 0.05) is 17.6 Å². The van der Waals surface area contributed by atoms with E-state index in [2.05, 4.69) is 6.92 Å². The first-order chi connectivity index (χ1) is 11.9. The number of unbranched alkanes of at least 4 members (excludes halogenated alkanes) is 3. The Morgan fingerprint density at radius 1 is 1.36 bits per heavy atom. The number of rotatable bonds is 9. The number of fused-ring (bicyclic) bond motifs is 1. The van der Waals surface area contributed by atoms with Gasteiger partial charge in [-0.15, -0.1) is 0 Å². The van der Waals surface area contributed by atoms with E-state index in [9.17, 15) is 19.8 Å². The van der Waals surface area contributed by atoms with Crippen molar-refractivity contribution < 1.29 is 29.6 Å². The van der Waals surface area contributed by atoms with Gasteiger partial charge in [0.2, 0.25) is 0 Å². The average Bonchev–Trinajstić information content (AvgIpc) is 3.33. The van der Waals surface area contributed by atoms with Gasteiger partial charge < -0.3 is 20.1 Å². The van der Waals surface area contributed by atoms with Crippen molar-refractivity contribution in [1.29, 1.82) is 0 Å². The number of epoxide rings is 1. The molecular formula is C19H26O6. The number of carboxylic acids is 1. The first-order valence-electron chi connectivity index (χ1n) is 8.70. The molecule has 0 aromatic heterocycles. The van der Waals surface area contributed by atoms with Gasteiger partial charge in [-0.25, -0.2) is 4.79 Å². The van der Waals surface area contributed by atoms with Crippen LogP contribution in [0.5, 0.6) is 0 Å². The number of hydrogen-bond donors (Lipinski definition) is 3. The molecule has 2 rings (SSSR count). The second-order valence-electron chi connectivity index (χ2n) is 6.59. The molecule has 0 saturated carbocycles. The number of Topliss-reactive ketones (excluding diaryl/α,β-unsaturated/α-hetero) is 1. The van der Waals surface area contributed by atoms with E-state index >= 15 is 0 Å². The van der Waals surface area contributed by atoms with Crippen LogP contribution in [-0.2, 0) is 14.3 Å². The molecule has 1 heterocycles. The number of aliphatic hydroxyl groups excluding tert-OH is 2. The SMILES string of the molecule is CCCCC/C=C/C1=C(CO)[C@@H](O)[C@H]2O[C@@]2(C/C=C(\C)C(=O)O)C1=O. The van der Waals surface area contributed by atoms with Crippen LogP contribution < -0.4 is 0 Å². The summed E-state index contributed by atoms with van der Waals surface area (Å²) >= 11 is 0. The standard InChI is InChI=1S/C19H26O6/c1-3-4-5-6-7-8-13-14(11-20)15(21)17-19(25-17,16(13)22)10-9-12(2)18(23)24/h7-9,15,17,20-21H,3-6,10-11H2,1-2H3,(H,23,24)/b8-7+,12-9+/t15-,17-,19+/m1/s1. The highest BCUT2D eigenvalue weighted by atomic mass is 16.6. The van der Waals surface area contributed by atoms with Crippen LogP contribution >= 0.6 is 0 Å². The normalized spacial score (nSPS) is 29.3. The summed E-state index contributed by atoms with van der Waals surface area (Å²) in [4.78, 5) is 23.8. The molecule has 1 aliphatic heterocycles. The molecule has 0 aromatic carbocycles. The zero-order chi connectivity index (χ0) is 18.6. The van der Waals surface area contributed by atoms with Crippen molar-refractivity contribution >= 4 is 11.8 Å². The molecule has 1 aliphatic carbocycles. The lowest BCUT2D eigenvalue weighted by Gasteiger charge is -2.23. The van der Waals surface area contributed by atoms with E-state index in [4.69, 9.17) is 9.84 Å². The van der Waals surface area contributed by atoms with Gasteiger partial charge >= 0.3 is 5.97 Å². The fourth-order valence-electron chi connectivity index (χ4n) is 3.13. The Morgan fingerprint density at radius 3 is 2.68 bits per heavy atom. The molecule has 3 N–H and O–H groups in total. The summed E-state index contributed by atoms with van der Waals surface area (Å²) in [5.41, 5.74) is -0.535. The maximum Gasteiger partial charge on any atom is 0.330 e.